The Bertz CT molecular complexity index is 868. The third-order valence-corrected chi connectivity index (χ3v) is 6.89. The normalized spacial score (nSPS) is 20.4. The summed E-state index contributed by atoms with van der Waals surface area (Å²) in [5.41, 5.74) is 6.66. The highest BCUT2D eigenvalue weighted by atomic mass is 16.2. The summed E-state index contributed by atoms with van der Waals surface area (Å²) in [5, 5.41) is 0. The lowest BCUT2D eigenvalue weighted by molar-refractivity contribution is -0.137. The van der Waals surface area contributed by atoms with Crippen LogP contribution in [-0.4, -0.2) is 55.0 Å². The molecule has 30 heavy (non-hydrogen) atoms. The lowest BCUT2D eigenvalue weighted by Crippen LogP contribution is -2.52. The van der Waals surface area contributed by atoms with Crippen molar-refractivity contribution in [2.75, 3.05) is 44.2 Å². The molecule has 0 aliphatic carbocycles. The fourth-order valence-corrected chi connectivity index (χ4v) is 4.86. The largest absolute Gasteiger partial charge is 0.368 e. The van der Waals surface area contributed by atoms with Crippen LogP contribution >= 0.6 is 0 Å². The van der Waals surface area contributed by atoms with E-state index >= 15 is 0 Å². The quantitative estimate of drug-likeness (QED) is 0.764. The number of piperazine rings is 1. The molecule has 0 saturated carbocycles. The highest BCUT2D eigenvalue weighted by Gasteiger charge is 2.31. The number of anilines is 1. The van der Waals surface area contributed by atoms with Crippen molar-refractivity contribution >= 4 is 11.6 Å². The monoisotopic (exact) mass is 405 g/mol. The first kappa shape index (κ1) is 20.9. The van der Waals surface area contributed by atoms with Gasteiger partial charge in [0.2, 0.25) is 5.91 Å². The summed E-state index contributed by atoms with van der Waals surface area (Å²) in [6.07, 6.45) is 2.14. The number of nitrogens with zero attached hydrogens (tertiary/aromatic N) is 3. The zero-order chi connectivity index (χ0) is 21.1. The molecule has 2 saturated heterocycles. The van der Waals surface area contributed by atoms with Crippen LogP contribution in [0.15, 0.2) is 42.5 Å². The van der Waals surface area contributed by atoms with Crippen LogP contribution in [0.25, 0.3) is 0 Å². The van der Waals surface area contributed by atoms with E-state index in [9.17, 15) is 4.79 Å². The van der Waals surface area contributed by atoms with E-state index in [2.05, 4.69) is 77.9 Å². The summed E-state index contributed by atoms with van der Waals surface area (Å²) in [5.74, 6) is 0.515. The summed E-state index contributed by atoms with van der Waals surface area (Å²) in [7, 11) is 0. The van der Waals surface area contributed by atoms with Gasteiger partial charge >= 0.3 is 0 Å². The summed E-state index contributed by atoms with van der Waals surface area (Å²) in [6.45, 7) is 13.0. The Morgan fingerprint density at radius 3 is 2.40 bits per heavy atom. The van der Waals surface area contributed by atoms with Gasteiger partial charge in [0.25, 0.3) is 0 Å². The number of carbonyl (C=O) groups is 1. The highest BCUT2D eigenvalue weighted by molar-refractivity contribution is 5.79. The van der Waals surface area contributed by atoms with Crippen molar-refractivity contribution in [1.82, 2.24) is 9.80 Å². The molecule has 2 aromatic carbocycles. The van der Waals surface area contributed by atoms with Gasteiger partial charge in [0.15, 0.2) is 0 Å². The minimum atomic E-state index is 0.149. The van der Waals surface area contributed by atoms with Crippen LogP contribution in [0.4, 0.5) is 5.69 Å². The van der Waals surface area contributed by atoms with E-state index in [-0.39, 0.29) is 5.92 Å². The molecular weight excluding hydrogens is 370 g/mol. The number of hydrogen-bond donors (Lipinski definition) is 0. The molecular formula is C26H35N3O. The average Bonchev–Trinajstić information content (AvgIpc) is 2.77. The maximum absolute atomic E-state index is 13.2. The summed E-state index contributed by atoms with van der Waals surface area (Å²) in [4.78, 5) is 20.3. The Hall–Kier alpha value is -2.33. The maximum Gasteiger partial charge on any atom is 0.227 e. The molecule has 0 N–H and O–H groups in total. The van der Waals surface area contributed by atoms with Crippen LogP contribution in [-0.2, 0) is 11.3 Å². The average molecular weight is 406 g/mol. The number of hydrogen-bond acceptors (Lipinski definition) is 3. The van der Waals surface area contributed by atoms with Crippen molar-refractivity contribution in [3.8, 4) is 0 Å². The van der Waals surface area contributed by atoms with Crippen molar-refractivity contribution in [3.63, 3.8) is 0 Å². The van der Waals surface area contributed by atoms with Gasteiger partial charge < -0.3 is 9.80 Å². The van der Waals surface area contributed by atoms with Crippen molar-refractivity contribution in [2.45, 2.75) is 40.2 Å². The minimum Gasteiger partial charge on any atom is -0.368 e. The van der Waals surface area contributed by atoms with Crippen LogP contribution in [0, 0.1) is 26.7 Å². The fourth-order valence-electron chi connectivity index (χ4n) is 4.86. The number of piperidine rings is 1. The molecule has 4 nitrogen and oxygen atoms in total. The second-order valence-corrected chi connectivity index (χ2v) is 9.09. The SMILES string of the molecule is Cc1ccc(CN2CCCC(C(=O)N3CCN(c4cccc(C)c4C)CC3)C2)cc1. The van der Waals surface area contributed by atoms with Gasteiger partial charge in [-0.25, -0.2) is 0 Å². The molecule has 4 heteroatoms. The number of carbonyl (C=O) groups excluding carboxylic acids is 1. The van der Waals surface area contributed by atoms with Crippen molar-refractivity contribution in [1.29, 1.82) is 0 Å². The first-order valence-corrected chi connectivity index (χ1v) is 11.4. The van der Waals surface area contributed by atoms with Gasteiger partial charge in [-0.1, -0.05) is 42.0 Å². The molecule has 2 fully saturated rings. The molecule has 2 aromatic rings. The standard InChI is InChI=1S/C26H35N3O/c1-20-9-11-23(12-10-20)18-27-13-5-7-24(19-27)26(30)29-16-14-28(15-17-29)25-8-4-6-21(2)22(25)3/h4,6,8-12,24H,5,7,13-19H2,1-3H3. The first-order valence-electron chi connectivity index (χ1n) is 11.4. The lowest BCUT2D eigenvalue weighted by Gasteiger charge is -2.40. The Morgan fingerprint density at radius 1 is 0.933 bits per heavy atom. The van der Waals surface area contributed by atoms with E-state index in [0.29, 0.717) is 5.91 Å². The fraction of sp³-hybridized carbons (Fsp3) is 0.500. The van der Waals surface area contributed by atoms with Crippen molar-refractivity contribution in [3.05, 3.63) is 64.7 Å². The van der Waals surface area contributed by atoms with E-state index in [0.717, 1.165) is 58.7 Å². The first-order chi connectivity index (χ1) is 14.5. The second-order valence-electron chi connectivity index (χ2n) is 9.09. The molecule has 0 aromatic heterocycles. The van der Waals surface area contributed by atoms with Gasteiger partial charge in [-0.2, -0.15) is 0 Å². The smallest absolute Gasteiger partial charge is 0.227 e. The molecule has 0 spiro atoms. The summed E-state index contributed by atoms with van der Waals surface area (Å²) < 4.78 is 0. The van der Waals surface area contributed by atoms with E-state index in [1.165, 1.54) is 27.9 Å². The van der Waals surface area contributed by atoms with Crippen LogP contribution in [0.2, 0.25) is 0 Å². The van der Waals surface area contributed by atoms with Crippen LogP contribution in [0.1, 0.15) is 35.1 Å². The summed E-state index contributed by atoms with van der Waals surface area (Å²) in [6, 6.07) is 15.3. The number of aryl methyl sites for hydroxylation is 2. The van der Waals surface area contributed by atoms with Crippen LogP contribution < -0.4 is 4.90 Å². The lowest BCUT2D eigenvalue weighted by atomic mass is 9.95. The molecule has 0 radical (unpaired) electrons. The van der Waals surface area contributed by atoms with Gasteiger partial charge in [-0.3, -0.25) is 9.69 Å². The van der Waals surface area contributed by atoms with E-state index < -0.39 is 0 Å². The van der Waals surface area contributed by atoms with Gasteiger partial charge in [0, 0.05) is 45.0 Å². The van der Waals surface area contributed by atoms with Crippen LogP contribution in [0.5, 0.6) is 0 Å². The molecule has 2 heterocycles. The second kappa shape index (κ2) is 9.22. The molecule has 1 unspecified atom stereocenters. The molecule has 1 atom stereocenters. The van der Waals surface area contributed by atoms with Crippen molar-refractivity contribution < 1.29 is 4.79 Å². The minimum absolute atomic E-state index is 0.149. The Balaban J connectivity index is 1.32. The molecule has 4 rings (SSSR count). The van der Waals surface area contributed by atoms with E-state index in [1.54, 1.807) is 0 Å². The van der Waals surface area contributed by atoms with Gasteiger partial charge in [-0.05, 0) is 62.9 Å². The summed E-state index contributed by atoms with van der Waals surface area (Å²) >= 11 is 0. The van der Waals surface area contributed by atoms with Crippen LogP contribution in [0.3, 0.4) is 0 Å². The Kier molecular flexibility index (Phi) is 6.43. The Morgan fingerprint density at radius 2 is 1.67 bits per heavy atom. The number of amides is 1. The van der Waals surface area contributed by atoms with Gasteiger partial charge in [0.05, 0.1) is 5.92 Å². The molecule has 160 valence electrons. The van der Waals surface area contributed by atoms with Gasteiger partial charge in [0.1, 0.15) is 0 Å². The predicted molar refractivity (Wildman–Crippen MR) is 124 cm³/mol. The van der Waals surface area contributed by atoms with Gasteiger partial charge in [-0.15, -0.1) is 0 Å². The topological polar surface area (TPSA) is 26.8 Å². The number of benzene rings is 2. The Labute approximate surface area is 181 Å². The third kappa shape index (κ3) is 4.70. The molecule has 2 aliphatic rings. The molecule has 0 bridgehead atoms. The highest BCUT2D eigenvalue weighted by Crippen LogP contribution is 2.25. The molecule has 1 amide bonds. The zero-order valence-corrected chi connectivity index (χ0v) is 18.7. The van der Waals surface area contributed by atoms with E-state index in [1.807, 2.05) is 0 Å². The van der Waals surface area contributed by atoms with Crippen molar-refractivity contribution in [2.24, 2.45) is 5.92 Å². The maximum atomic E-state index is 13.2. The zero-order valence-electron chi connectivity index (χ0n) is 18.7. The third-order valence-electron chi connectivity index (χ3n) is 6.89. The number of likely N-dealkylation sites (tertiary alicyclic amines) is 1. The predicted octanol–water partition coefficient (Wildman–Crippen LogP) is 4.17. The molecule has 2 aliphatic heterocycles. The van der Waals surface area contributed by atoms with E-state index in [4.69, 9.17) is 0 Å². The number of rotatable bonds is 4.